The summed E-state index contributed by atoms with van der Waals surface area (Å²) >= 11 is 0. The van der Waals surface area contributed by atoms with E-state index in [4.69, 9.17) is 9.84 Å². The van der Waals surface area contributed by atoms with E-state index >= 15 is 0 Å². The molecule has 1 aromatic heterocycles. The van der Waals surface area contributed by atoms with Crippen LogP contribution in [0, 0.1) is 11.3 Å². The average molecular weight is 363 g/mol. The number of aromatic carboxylic acids is 1. The van der Waals surface area contributed by atoms with E-state index < -0.39 is 5.97 Å². The molecule has 7 nitrogen and oxygen atoms in total. The van der Waals surface area contributed by atoms with Crippen molar-refractivity contribution in [2.24, 2.45) is 0 Å². The number of carbonyl (C=O) groups excluding carboxylic acids is 1. The molecule has 0 atom stereocenters. The number of hydrogen-bond donors (Lipinski definition) is 2. The molecule has 2 aromatic carbocycles. The topological polar surface area (TPSA) is 104 Å². The van der Waals surface area contributed by atoms with Crippen molar-refractivity contribution in [2.75, 3.05) is 13.2 Å². The Labute approximate surface area is 155 Å². The maximum absolute atomic E-state index is 11.0. The number of benzene rings is 2. The van der Waals surface area contributed by atoms with Crippen molar-refractivity contribution in [3.8, 4) is 17.5 Å². The molecule has 1 amide bonds. The zero-order chi connectivity index (χ0) is 19.2. The fraction of sp³-hybridized carbons (Fsp3) is 0.150. The van der Waals surface area contributed by atoms with Gasteiger partial charge in [0.05, 0.1) is 23.3 Å². The van der Waals surface area contributed by atoms with Crippen LogP contribution in [0.3, 0.4) is 0 Å². The van der Waals surface area contributed by atoms with Crippen LogP contribution in [0.4, 0.5) is 0 Å². The Balaban J connectivity index is 1.88. The van der Waals surface area contributed by atoms with Gasteiger partial charge in [0.2, 0.25) is 6.41 Å². The number of carboxylic acids is 1. The van der Waals surface area contributed by atoms with E-state index in [1.807, 2.05) is 22.8 Å². The summed E-state index contributed by atoms with van der Waals surface area (Å²) in [6, 6.07) is 14.1. The van der Waals surface area contributed by atoms with Crippen LogP contribution in [0.5, 0.6) is 5.75 Å². The molecule has 0 aliphatic carbocycles. The average Bonchev–Trinajstić information content (AvgIpc) is 3.06. The lowest BCUT2D eigenvalue weighted by Gasteiger charge is -2.08. The van der Waals surface area contributed by atoms with Gasteiger partial charge in [-0.25, -0.2) is 4.79 Å². The van der Waals surface area contributed by atoms with Crippen LogP contribution in [-0.2, 0) is 4.79 Å². The zero-order valence-corrected chi connectivity index (χ0v) is 14.4. The summed E-state index contributed by atoms with van der Waals surface area (Å²) in [6.07, 6.45) is 3.05. The van der Waals surface area contributed by atoms with Crippen LogP contribution in [-0.4, -0.2) is 35.2 Å². The lowest BCUT2D eigenvalue weighted by molar-refractivity contribution is -0.109. The van der Waals surface area contributed by atoms with E-state index in [0.29, 0.717) is 37.3 Å². The van der Waals surface area contributed by atoms with Crippen molar-refractivity contribution in [3.63, 3.8) is 0 Å². The van der Waals surface area contributed by atoms with Gasteiger partial charge in [-0.1, -0.05) is 0 Å². The second-order valence-corrected chi connectivity index (χ2v) is 5.83. The Bertz CT molecular complexity index is 1020. The summed E-state index contributed by atoms with van der Waals surface area (Å²) in [7, 11) is 0. The van der Waals surface area contributed by atoms with Gasteiger partial charge in [-0.3, -0.25) is 4.79 Å². The molecule has 3 rings (SSSR count). The third kappa shape index (κ3) is 3.90. The number of aromatic nitrogens is 1. The number of rotatable bonds is 8. The molecule has 0 spiro atoms. The van der Waals surface area contributed by atoms with E-state index in [1.165, 1.54) is 12.1 Å². The molecule has 3 aromatic rings. The van der Waals surface area contributed by atoms with E-state index in [0.717, 1.165) is 16.6 Å². The molecular formula is C20H17N3O4. The monoisotopic (exact) mass is 363 g/mol. The lowest BCUT2D eigenvalue weighted by atomic mass is 10.2. The van der Waals surface area contributed by atoms with Gasteiger partial charge in [-0.15, -0.1) is 0 Å². The minimum absolute atomic E-state index is 0.204. The highest BCUT2D eigenvalue weighted by atomic mass is 16.5. The number of nitriles is 1. The first-order valence-corrected chi connectivity index (χ1v) is 8.33. The Morgan fingerprint density at radius 3 is 2.70 bits per heavy atom. The number of fused-ring (bicyclic) bond motifs is 1. The van der Waals surface area contributed by atoms with Gasteiger partial charge in [-0.2, -0.15) is 5.26 Å². The maximum Gasteiger partial charge on any atom is 0.335 e. The molecule has 0 saturated carbocycles. The summed E-state index contributed by atoms with van der Waals surface area (Å²) in [5, 5.41) is 21.8. The van der Waals surface area contributed by atoms with Crippen LogP contribution >= 0.6 is 0 Å². The number of carbonyl (C=O) groups is 2. The summed E-state index contributed by atoms with van der Waals surface area (Å²) < 4.78 is 7.52. The molecule has 0 aliphatic rings. The molecule has 7 heteroatoms. The minimum Gasteiger partial charge on any atom is -0.494 e. The Hall–Kier alpha value is -3.79. The van der Waals surface area contributed by atoms with Crippen molar-refractivity contribution in [2.45, 2.75) is 6.42 Å². The summed E-state index contributed by atoms with van der Waals surface area (Å²) in [4.78, 5) is 21.2. The normalized spacial score (nSPS) is 10.3. The van der Waals surface area contributed by atoms with Crippen LogP contribution < -0.4 is 10.1 Å². The third-order valence-electron chi connectivity index (χ3n) is 4.11. The molecule has 136 valence electrons. The predicted octanol–water partition coefficient (Wildman–Crippen LogP) is 2.72. The van der Waals surface area contributed by atoms with Gasteiger partial charge in [-0.05, 0) is 48.9 Å². The van der Waals surface area contributed by atoms with Crippen LogP contribution in [0.1, 0.15) is 22.3 Å². The third-order valence-corrected chi connectivity index (χ3v) is 4.11. The quantitative estimate of drug-likeness (QED) is 0.473. The molecule has 0 fully saturated rings. The number of hydrogen-bond acceptors (Lipinski definition) is 4. The summed E-state index contributed by atoms with van der Waals surface area (Å²) in [5.41, 5.74) is 2.29. The number of nitrogens with zero attached hydrogens (tertiary/aromatic N) is 2. The van der Waals surface area contributed by atoms with Crippen molar-refractivity contribution in [1.29, 1.82) is 5.26 Å². The highest BCUT2D eigenvalue weighted by Crippen LogP contribution is 2.28. The van der Waals surface area contributed by atoms with Gasteiger partial charge in [0.15, 0.2) is 0 Å². The fourth-order valence-corrected chi connectivity index (χ4v) is 2.79. The summed E-state index contributed by atoms with van der Waals surface area (Å²) in [5.74, 6) is -0.342. The number of nitrogens with one attached hydrogen (secondary N) is 1. The van der Waals surface area contributed by atoms with Gasteiger partial charge >= 0.3 is 5.97 Å². The molecule has 0 saturated heterocycles. The van der Waals surface area contributed by atoms with E-state index in [9.17, 15) is 14.9 Å². The second kappa shape index (κ2) is 8.06. The summed E-state index contributed by atoms with van der Waals surface area (Å²) in [6.45, 7) is 0.990. The number of ether oxygens (including phenoxy) is 1. The largest absolute Gasteiger partial charge is 0.494 e. The number of amides is 1. The van der Waals surface area contributed by atoms with E-state index in [-0.39, 0.29) is 5.56 Å². The fourth-order valence-electron chi connectivity index (χ4n) is 2.79. The van der Waals surface area contributed by atoms with Crippen LogP contribution in [0.25, 0.3) is 16.6 Å². The standard InChI is InChI=1S/C20H17N3O4/c21-11-15-12-23(16-4-2-14(3-5-16)20(25)26)19-7-6-17(10-18(15)19)27-9-1-8-22-13-24/h2-7,10,12-13H,1,8-9H2,(H,22,24)(H,25,26). The molecule has 27 heavy (non-hydrogen) atoms. The molecule has 0 unspecified atom stereocenters. The van der Waals surface area contributed by atoms with Gasteiger partial charge in [0.25, 0.3) is 0 Å². The second-order valence-electron chi connectivity index (χ2n) is 5.83. The highest BCUT2D eigenvalue weighted by molar-refractivity contribution is 5.90. The first-order valence-electron chi connectivity index (χ1n) is 8.33. The molecule has 0 aliphatic heterocycles. The first-order chi connectivity index (χ1) is 13.1. The molecule has 0 bridgehead atoms. The predicted molar refractivity (Wildman–Crippen MR) is 99.1 cm³/mol. The van der Waals surface area contributed by atoms with E-state index in [2.05, 4.69) is 11.4 Å². The van der Waals surface area contributed by atoms with Crippen molar-refractivity contribution in [1.82, 2.24) is 9.88 Å². The Kier molecular flexibility index (Phi) is 5.38. The highest BCUT2D eigenvalue weighted by Gasteiger charge is 2.12. The Morgan fingerprint density at radius 2 is 2.04 bits per heavy atom. The molecule has 0 radical (unpaired) electrons. The Morgan fingerprint density at radius 1 is 1.26 bits per heavy atom. The lowest BCUT2D eigenvalue weighted by Crippen LogP contribution is -2.14. The van der Waals surface area contributed by atoms with Gasteiger partial charge in [0, 0.05) is 23.8 Å². The molecule has 1 heterocycles. The molecule has 2 N–H and O–H groups in total. The van der Waals surface area contributed by atoms with Crippen molar-refractivity contribution < 1.29 is 19.4 Å². The van der Waals surface area contributed by atoms with Crippen LogP contribution in [0.15, 0.2) is 48.7 Å². The SMILES string of the molecule is N#Cc1cn(-c2ccc(C(=O)O)cc2)c2ccc(OCCCNC=O)cc12. The molecular weight excluding hydrogens is 346 g/mol. The first kappa shape index (κ1) is 18.0. The van der Waals surface area contributed by atoms with Crippen molar-refractivity contribution in [3.05, 3.63) is 59.8 Å². The maximum atomic E-state index is 11.0. The minimum atomic E-state index is -0.984. The van der Waals surface area contributed by atoms with Gasteiger partial charge < -0.3 is 19.7 Å². The van der Waals surface area contributed by atoms with Crippen molar-refractivity contribution >= 4 is 23.3 Å². The smallest absolute Gasteiger partial charge is 0.335 e. The van der Waals surface area contributed by atoms with Crippen LogP contribution in [0.2, 0.25) is 0 Å². The zero-order valence-electron chi connectivity index (χ0n) is 14.4. The van der Waals surface area contributed by atoms with E-state index in [1.54, 1.807) is 18.3 Å². The van der Waals surface area contributed by atoms with Gasteiger partial charge in [0.1, 0.15) is 11.8 Å². The number of carboxylic acid groups (broad SMARTS) is 1.